The van der Waals surface area contributed by atoms with Crippen molar-refractivity contribution in [2.24, 2.45) is 0 Å². The van der Waals surface area contributed by atoms with Gasteiger partial charge in [0.15, 0.2) is 0 Å². The lowest BCUT2D eigenvalue weighted by atomic mass is 10.1. The van der Waals surface area contributed by atoms with Crippen LogP contribution in [0.25, 0.3) is 0 Å². The van der Waals surface area contributed by atoms with Crippen LogP contribution in [0.4, 0.5) is 0 Å². The van der Waals surface area contributed by atoms with Crippen molar-refractivity contribution in [2.75, 3.05) is 6.54 Å². The molecule has 140 valence electrons. The maximum absolute atomic E-state index is 11.4. The smallest absolute Gasteiger partial charge is 0.308 e. The highest BCUT2D eigenvalue weighted by Crippen LogP contribution is 2.29. The van der Waals surface area contributed by atoms with Gasteiger partial charge in [-0.25, -0.2) is 0 Å². The van der Waals surface area contributed by atoms with E-state index in [0.717, 1.165) is 0 Å². The van der Waals surface area contributed by atoms with E-state index in [1.807, 2.05) is 13.8 Å². The number of nitrogens with one attached hydrogen (secondary N) is 1. The Morgan fingerprint density at radius 1 is 0.920 bits per heavy atom. The maximum atomic E-state index is 11.4. The van der Waals surface area contributed by atoms with Crippen molar-refractivity contribution in [3.63, 3.8) is 0 Å². The van der Waals surface area contributed by atoms with Gasteiger partial charge in [-0.05, 0) is 12.1 Å². The summed E-state index contributed by atoms with van der Waals surface area (Å²) < 4.78 is 15.5. The molecule has 0 spiro atoms. The first-order valence-electron chi connectivity index (χ1n) is 7.59. The first-order valence-corrected chi connectivity index (χ1v) is 7.59. The monoisotopic (exact) mass is 373 g/mol. The van der Waals surface area contributed by atoms with Gasteiger partial charge < -0.3 is 19.5 Å². The summed E-state index contributed by atoms with van der Waals surface area (Å²) in [7, 11) is 0. The zero-order chi connectivity index (χ0) is 18.3. The minimum atomic E-state index is -0.616. The molecule has 1 N–H and O–H groups in total. The first-order chi connectivity index (χ1) is 11.2. The average molecular weight is 374 g/mol. The van der Waals surface area contributed by atoms with Crippen molar-refractivity contribution >= 4 is 30.3 Å². The number of hydrogen-bond donors (Lipinski definition) is 1. The third-order valence-corrected chi connectivity index (χ3v) is 2.82. The van der Waals surface area contributed by atoms with E-state index in [4.69, 9.17) is 14.2 Å². The molecule has 1 aromatic carbocycles. The van der Waals surface area contributed by atoms with Gasteiger partial charge in [0.1, 0.15) is 17.6 Å². The quantitative estimate of drug-likeness (QED) is 0.580. The number of ether oxygens (including phenoxy) is 3. The van der Waals surface area contributed by atoms with E-state index < -0.39 is 24.0 Å². The van der Waals surface area contributed by atoms with E-state index in [0.29, 0.717) is 12.1 Å². The summed E-state index contributed by atoms with van der Waals surface area (Å²) >= 11 is 0. The molecule has 1 atom stereocenters. The molecule has 1 aromatic rings. The Morgan fingerprint density at radius 2 is 1.40 bits per heavy atom. The molecule has 0 saturated heterocycles. The van der Waals surface area contributed by atoms with Crippen LogP contribution in [0, 0.1) is 0 Å². The van der Waals surface area contributed by atoms with Crippen LogP contribution in [0.15, 0.2) is 18.2 Å². The highest BCUT2D eigenvalue weighted by Gasteiger charge is 2.18. The molecule has 1 rings (SSSR count). The van der Waals surface area contributed by atoms with Gasteiger partial charge in [0, 0.05) is 45.0 Å². The summed E-state index contributed by atoms with van der Waals surface area (Å²) in [6.07, 6.45) is -0.616. The number of halogens is 1. The van der Waals surface area contributed by atoms with Gasteiger partial charge in [0.2, 0.25) is 0 Å². The third kappa shape index (κ3) is 9.07. The second-order valence-corrected chi connectivity index (χ2v) is 5.59. The van der Waals surface area contributed by atoms with Gasteiger partial charge in [0.25, 0.3) is 0 Å². The predicted octanol–water partition coefficient (Wildman–Crippen LogP) is 2.56. The SMILES string of the molecule is CC(=O)Oc1cc(OC(C)=O)cc([C@H](CNC(C)C)OC(C)=O)c1.Cl. The minimum absolute atomic E-state index is 0. The molecule has 8 heteroatoms. The zero-order valence-electron chi connectivity index (χ0n) is 15.0. The molecule has 0 saturated carbocycles. The Balaban J connectivity index is 0.00000576. The summed E-state index contributed by atoms with van der Waals surface area (Å²) in [6, 6.07) is 4.76. The Hall–Kier alpha value is -2.12. The van der Waals surface area contributed by atoms with Gasteiger partial charge in [-0.2, -0.15) is 0 Å². The number of carbonyl (C=O) groups excluding carboxylic acids is 3. The largest absolute Gasteiger partial charge is 0.456 e. The van der Waals surface area contributed by atoms with Crippen molar-refractivity contribution in [1.82, 2.24) is 5.32 Å². The molecule has 0 aliphatic heterocycles. The van der Waals surface area contributed by atoms with Crippen molar-refractivity contribution in [1.29, 1.82) is 0 Å². The number of rotatable bonds is 7. The maximum Gasteiger partial charge on any atom is 0.308 e. The van der Waals surface area contributed by atoms with Crippen LogP contribution in [0.5, 0.6) is 11.5 Å². The van der Waals surface area contributed by atoms with Crippen molar-refractivity contribution in [3.8, 4) is 11.5 Å². The molecule has 0 radical (unpaired) electrons. The van der Waals surface area contributed by atoms with Gasteiger partial charge in [-0.3, -0.25) is 14.4 Å². The number of hydrogen-bond acceptors (Lipinski definition) is 7. The number of benzene rings is 1. The van der Waals surface area contributed by atoms with Crippen LogP contribution in [0.2, 0.25) is 0 Å². The fraction of sp³-hybridized carbons (Fsp3) is 0.471. The fourth-order valence-electron chi connectivity index (χ4n) is 2.00. The summed E-state index contributed by atoms with van der Waals surface area (Å²) in [6.45, 7) is 8.13. The van der Waals surface area contributed by atoms with Crippen LogP contribution in [-0.4, -0.2) is 30.5 Å². The molecule has 0 aliphatic carbocycles. The summed E-state index contributed by atoms with van der Waals surface area (Å²) in [5, 5.41) is 3.18. The molecule has 0 aliphatic rings. The molecule has 0 bridgehead atoms. The van der Waals surface area contributed by atoms with Crippen LogP contribution in [0.1, 0.15) is 46.3 Å². The van der Waals surface area contributed by atoms with Crippen molar-refractivity contribution < 1.29 is 28.6 Å². The normalized spacial score (nSPS) is 11.3. The topological polar surface area (TPSA) is 90.9 Å². The molecule has 0 amide bonds. The van der Waals surface area contributed by atoms with Crippen LogP contribution in [-0.2, 0) is 19.1 Å². The molecule has 0 unspecified atom stereocenters. The van der Waals surface area contributed by atoms with E-state index >= 15 is 0 Å². The van der Waals surface area contributed by atoms with E-state index in [2.05, 4.69) is 5.32 Å². The van der Waals surface area contributed by atoms with Crippen LogP contribution >= 0.6 is 12.4 Å². The fourth-order valence-corrected chi connectivity index (χ4v) is 2.00. The standard InChI is InChI=1S/C17H23NO6.ClH/c1-10(2)18-9-17(24-13(5)21)14-6-15(22-11(3)19)8-16(7-14)23-12(4)20;/h6-8,10,17-18H,9H2,1-5H3;1H/t17-;/m0./s1. The van der Waals surface area contributed by atoms with E-state index in [1.165, 1.54) is 26.8 Å². The number of esters is 3. The summed E-state index contributed by atoms with van der Waals surface area (Å²) in [4.78, 5) is 33.8. The first kappa shape index (κ1) is 22.9. The highest BCUT2D eigenvalue weighted by atomic mass is 35.5. The molecular formula is C17H24ClNO6. The molecule has 25 heavy (non-hydrogen) atoms. The lowest BCUT2D eigenvalue weighted by molar-refractivity contribution is -0.146. The van der Waals surface area contributed by atoms with E-state index in [-0.39, 0.29) is 29.9 Å². The van der Waals surface area contributed by atoms with E-state index in [1.54, 1.807) is 12.1 Å². The molecular weight excluding hydrogens is 350 g/mol. The Kier molecular flexibility index (Phi) is 9.78. The van der Waals surface area contributed by atoms with Crippen LogP contribution in [0.3, 0.4) is 0 Å². The van der Waals surface area contributed by atoms with Gasteiger partial charge >= 0.3 is 17.9 Å². The van der Waals surface area contributed by atoms with Crippen molar-refractivity contribution in [2.45, 2.75) is 46.8 Å². The van der Waals surface area contributed by atoms with Gasteiger partial charge in [0.05, 0.1) is 0 Å². The molecule has 0 heterocycles. The van der Waals surface area contributed by atoms with Gasteiger partial charge in [-0.1, -0.05) is 13.8 Å². The average Bonchev–Trinajstić information content (AvgIpc) is 2.40. The Labute approximate surface area is 153 Å². The minimum Gasteiger partial charge on any atom is -0.456 e. The predicted molar refractivity (Wildman–Crippen MR) is 94.0 cm³/mol. The molecule has 0 aromatic heterocycles. The molecule has 7 nitrogen and oxygen atoms in total. The lowest BCUT2D eigenvalue weighted by Crippen LogP contribution is -2.30. The lowest BCUT2D eigenvalue weighted by Gasteiger charge is -2.20. The Bertz CT molecular complexity index is 583. The van der Waals surface area contributed by atoms with Gasteiger partial charge in [-0.15, -0.1) is 12.4 Å². The van der Waals surface area contributed by atoms with Crippen LogP contribution < -0.4 is 14.8 Å². The second-order valence-electron chi connectivity index (χ2n) is 5.59. The van der Waals surface area contributed by atoms with E-state index in [9.17, 15) is 14.4 Å². The summed E-state index contributed by atoms with van der Waals surface area (Å²) in [5.74, 6) is -1.05. The molecule has 0 fully saturated rings. The highest BCUT2D eigenvalue weighted by molar-refractivity contribution is 5.85. The Morgan fingerprint density at radius 3 is 1.76 bits per heavy atom. The second kappa shape index (κ2) is 10.7. The third-order valence-electron chi connectivity index (χ3n) is 2.82. The number of carbonyl (C=O) groups is 3. The zero-order valence-corrected chi connectivity index (χ0v) is 15.8. The summed E-state index contributed by atoms with van der Waals surface area (Å²) in [5.41, 5.74) is 0.549. The van der Waals surface area contributed by atoms with Crippen molar-refractivity contribution in [3.05, 3.63) is 23.8 Å².